The summed E-state index contributed by atoms with van der Waals surface area (Å²) in [4.78, 5) is 22.1. The number of amidine groups is 1. The van der Waals surface area contributed by atoms with Crippen LogP contribution in [-0.4, -0.2) is 54.3 Å². The summed E-state index contributed by atoms with van der Waals surface area (Å²) in [5, 5.41) is 3.03. The fourth-order valence-corrected chi connectivity index (χ4v) is 3.90. The van der Waals surface area contributed by atoms with E-state index >= 15 is 0 Å². The molecule has 0 saturated carbocycles. The number of likely N-dealkylation sites (N-methyl/N-ethyl adjacent to an activating group) is 1. The van der Waals surface area contributed by atoms with Gasteiger partial charge in [-0.2, -0.15) is 0 Å². The predicted molar refractivity (Wildman–Crippen MR) is 121 cm³/mol. The van der Waals surface area contributed by atoms with Crippen LogP contribution in [-0.2, 0) is 4.79 Å². The number of aliphatic imine (C=N–C) groups is 1. The first-order chi connectivity index (χ1) is 14.5. The number of rotatable bonds is 4. The lowest BCUT2D eigenvalue weighted by atomic mass is 10.1. The van der Waals surface area contributed by atoms with Crippen LogP contribution in [0.4, 0.5) is 11.4 Å². The number of hydrogen-bond donors (Lipinski definition) is 1. The third kappa shape index (κ3) is 4.49. The lowest BCUT2D eigenvalue weighted by Crippen LogP contribution is -2.48. The van der Waals surface area contributed by atoms with Crippen LogP contribution in [0.15, 0.2) is 47.5 Å². The van der Waals surface area contributed by atoms with Crippen molar-refractivity contribution in [2.24, 2.45) is 10.9 Å². The molecule has 4 rings (SSSR count). The number of nitrogens with zero attached hydrogens (tertiary/aromatic N) is 3. The number of carbonyl (C=O) groups is 1. The number of ether oxygens (including phenoxy) is 1. The monoisotopic (exact) mass is 406 g/mol. The standard InChI is InChI=1S/C24H30N4O2/c1-4-27-11-13-28(14-12-27)24-19-16-18(25-23(29)15-17(2)3)9-10-21(19)30-22-8-6-5-7-20(22)26-24/h5-10,16-17H,4,11-15H2,1-3H3,(H,25,29). The summed E-state index contributed by atoms with van der Waals surface area (Å²) >= 11 is 0. The number of amides is 1. The van der Waals surface area contributed by atoms with Crippen LogP contribution in [0.25, 0.3) is 0 Å². The third-order valence-corrected chi connectivity index (χ3v) is 5.53. The van der Waals surface area contributed by atoms with Crippen molar-refractivity contribution in [3.63, 3.8) is 0 Å². The number of carbonyl (C=O) groups excluding carboxylic acids is 1. The van der Waals surface area contributed by atoms with Gasteiger partial charge in [0.15, 0.2) is 5.75 Å². The SMILES string of the molecule is CCN1CCN(C2=Nc3ccccc3Oc3ccc(NC(=O)CC(C)C)cc32)CC1. The van der Waals surface area contributed by atoms with Gasteiger partial charge in [0.2, 0.25) is 5.91 Å². The fraction of sp³-hybridized carbons (Fsp3) is 0.417. The van der Waals surface area contributed by atoms with Crippen LogP contribution in [0.1, 0.15) is 32.8 Å². The van der Waals surface area contributed by atoms with Crippen LogP contribution in [0.5, 0.6) is 11.5 Å². The molecule has 30 heavy (non-hydrogen) atoms. The summed E-state index contributed by atoms with van der Waals surface area (Å²) in [5.74, 6) is 2.76. The lowest BCUT2D eigenvalue weighted by Gasteiger charge is -2.36. The Hall–Kier alpha value is -2.86. The molecule has 1 saturated heterocycles. The predicted octanol–water partition coefficient (Wildman–Crippen LogP) is 4.49. The van der Waals surface area contributed by atoms with Crippen molar-refractivity contribution in [1.82, 2.24) is 9.80 Å². The van der Waals surface area contributed by atoms with Crippen molar-refractivity contribution >= 4 is 23.1 Å². The minimum Gasteiger partial charge on any atom is -0.454 e. The minimum absolute atomic E-state index is 0.0258. The van der Waals surface area contributed by atoms with Crippen molar-refractivity contribution in [1.29, 1.82) is 0 Å². The Morgan fingerprint density at radius 3 is 2.60 bits per heavy atom. The number of para-hydroxylation sites is 2. The molecule has 6 nitrogen and oxygen atoms in total. The zero-order valence-corrected chi connectivity index (χ0v) is 18.0. The van der Waals surface area contributed by atoms with Gasteiger partial charge < -0.3 is 19.9 Å². The zero-order chi connectivity index (χ0) is 21.1. The van der Waals surface area contributed by atoms with Crippen molar-refractivity contribution in [2.45, 2.75) is 27.2 Å². The van der Waals surface area contributed by atoms with Gasteiger partial charge in [0.05, 0.1) is 5.56 Å². The Morgan fingerprint density at radius 1 is 1.10 bits per heavy atom. The van der Waals surface area contributed by atoms with Crippen LogP contribution in [0.3, 0.4) is 0 Å². The van der Waals surface area contributed by atoms with Gasteiger partial charge >= 0.3 is 0 Å². The Bertz CT molecular complexity index is 946. The molecule has 1 N–H and O–H groups in total. The number of anilines is 1. The van der Waals surface area contributed by atoms with Gasteiger partial charge in [0.25, 0.3) is 0 Å². The molecule has 6 heteroatoms. The Morgan fingerprint density at radius 2 is 1.87 bits per heavy atom. The Balaban J connectivity index is 1.69. The van der Waals surface area contributed by atoms with Gasteiger partial charge in [-0.25, -0.2) is 4.99 Å². The topological polar surface area (TPSA) is 57.2 Å². The maximum absolute atomic E-state index is 12.3. The molecule has 158 valence electrons. The second-order valence-corrected chi connectivity index (χ2v) is 8.28. The van der Waals surface area contributed by atoms with Gasteiger partial charge in [-0.3, -0.25) is 4.79 Å². The summed E-state index contributed by atoms with van der Waals surface area (Å²) < 4.78 is 6.23. The highest BCUT2D eigenvalue weighted by Gasteiger charge is 2.26. The molecule has 0 spiro atoms. The minimum atomic E-state index is 0.0258. The molecule has 2 aromatic rings. The molecule has 0 aromatic heterocycles. The average Bonchev–Trinajstić information content (AvgIpc) is 2.90. The van der Waals surface area contributed by atoms with E-state index in [1.54, 1.807) is 0 Å². The molecule has 0 radical (unpaired) electrons. The highest BCUT2D eigenvalue weighted by molar-refractivity contribution is 6.05. The van der Waals surface area contributed by atoms with E-state index in [-0.39, 0.29) is 5.91 Å². The summed E-state index contributed by atoms with van der Waals surface area (Å²) in [6, 6.07) is 13.7. The van der Waals surface area contributed by atoms with Crippen LogP contribution >= 0.6 is 0 Å². The zero-order valence-electron chi connectivity index (χ0n) is 18.0. The molecule has 0 bridgehead atoms. The molecular weight excluding hydrogens is 376 g/mol. The van der Waals surface area contributed by atoms with E-state index in [9.17, 15) is 4.79 Å². The smallest absolute Gasteiger partial charge is 0.224 e. The molecular formula is C24H30N4O2. The van der Waals surface area contributed by atoms with E-state index in [1.165, 1.54) is 0 Å². The van der Waals surface area contributed by atoms with Gasteiger partial charge in [0.1, 0.15) is 17.3 Å². The fourth-order valence-electron chi connectivity index (χ4n) is 3.90. The van der Waals surface area contributed by atoms with Crippen LogP contribution < -0.4 is 10.1 Å². The van der Waals surface area contributed by atoms with Gasteiger partial charge in [0, 0.05) is 38.3 Å². The van der Waals surface area contributed by atoms with Crippen molar-refractivity contribution in [2.75, 3.05) is 38.0 Å². The second kappa shape index (κ2) is 8.88. The molecule has 2 aromatic carbocycles. The second-order valence-electron chi connectivity index (χ2n) is 8.28. The van der Waals surface area contributed by atoms with Crippen molar-refractivity contribution in [3.8, 4) is 11.5 Å². The Kier molecular flexibility index (Phi) is 6.04. The molecule has 1 fully saturated rings. The summed E-state index contributed by atoms with van der Waals surface area (Å²) in [6.45, 7) is 11.2. The molecule has 1 amide bonds. The highest BCUT2D eigenvalue weighted by atomic mass is 16.5. The van der Waals surface area contributed by atoms with E-state index in [4.69, 9.17) is 9.73 Å². The van der Waals surface area contributed by atoms with Crippen LogP contribution in [0.2, 0.25) is 0 Å². The van der Waals surface area contributed by atoms with E-state index < -0.39 is 0 Å². The highest BCUT2D eigenvalue weighted by Crippen LogP contribution is 2.39. The lowest BCUT2D eigenvalue weighted by molar-refractivity contribution is -0.116. The van der Waals surface area contributed by atoms with E-state index in [0.29, 0.717) is 12.3 Å². The van der Waals surface area contributed by atoms with Gasteiger partial charge in [-0.05, 0) is 42.8 Å². The first-order valence-corrected chi connectivity index (χ1v) is 10.8. The van der Waals surface area contributed by atoms with Crippen LogP contribution in [0, 0.1) is 5.92 Å². The maximum Gasteiger partial charge on any atom is 0.224 e. The molecule has 0 unspecified atom stereocenters. The molecule has 0 atom stereocenters. The van der Waals surface area contributed by atoms with E-state index in [1.807, 2.05) is 56.3 Å². The molecule has 0 aliphatic carbocycles. The summed E-state index contributed by atoms with van der Waals surface area (Å²) in [7, 11) is 0. The third-order valence-electron chi connectivity index (χ3n) is 5.53. The first kappa shape index (κ1) is 20.4. The number of nitrogens with one attached hydrogen (secondary N) is 1. The summed E-state index contributed by atoms with van der Waals surface area (Å²) in [5.41, 5.74) is 2.51. The normalized spacial score (nSPS) is 16.3. The number of hydrogen-bond acceptors (Lipinski definition) is 5. The number of piperazine rings is 1. The van der Waals surface area contributed by atoms with Crippen molar-refractivity contribution < 1.29 is 9.53 Å². The average molecular weight is 407 g/mol. The number of benzene rings is 2. The van der Waals surface area contributed by atoms with Crippen molar-refractivity contribution in [3.05, 3.63) is 48.0 Å². The molecule has 2 heterocycles. The maximum atomic E-state index is 12.3. The van der Waals surface area contributed by atoms with E-state index in [2.05, 4.69) is 22.0 Å². The Labute approximate surface area is 178 Å². The van der Waals surface area contributed by atoms with Gasteiger partial charge in [-0.1, -0.05) is 32.9 Å². The largest absolute Gasteiger partial charge is 0.454 e. The van der Waals surface area contributed by atoms with Gasteiger partial charge in [-0.15, -0.1) is 0 Å². The quantitative estimate of drug-likeness (QED) is 0.813. The molecule has 2 aliphatic heterocycles. The molecule has 2 aliphatic rings. The first-order valence-electron chi connectivity index (χ1n) is 10.8. The summed E-state index contributed by atoms with van der Waals surface area (Å²) in [6.07, 6.45) is 0.499. The van der Waals surface area contributed by atoms with E-state index in [0.717, 1.165) is 67.0 Å². The number of fused-ring (bicyclic) bond motifs is 2.